The van der Waals surface area contributed by atoms with Gasteiger partial charge in [0.1, 0.15) is 11.8 Å². The number of esters is 1. The van der Waals surface area contributed by atoms with Gasteiger partial charge in [-0.05, 0) is 6.07 Å². The zero-order valence-electron chi connectivity index (χ0n) is 17.2. The molecule has 0 fully saturated rings. The number of phenolic OH excluding ortho intramolecular Hbond substituents is 1. The van der Waals surface area contributed by atoms with Crippen LogP contribution in [0, 0.1) is 11.3 Å². The van der Waals surface area contributed by atoms with Gasteiger partial charge in [-0.15, -0.1) is 11.8 Å². The van der Waals surface area contributed by atoms with Crippen LogP contribution in [0.3, 0.4) is 0 Å². The fourth-order valence-electron chi connectivity index (χ4n) is 3.82. The monoisotopic (exact) mass is 525 g/mol. The number of carbonyl (C=O) groups excluding carboxylic acids is 3. The van der Waals surface area contributed by atoms with Crippen LogP contribution >= 0.6 is 27.7 Å². The van der Waals surface area contributed by atoms with Gasteiger partial charge in [0, 0.05) is 33.3 Å². The first kappa shape index (κ1) is 22.6. The molecule has 166 valence electrons. The standard InChI is InChI=1S/C23H16BrN3O5S/c1-32-23(31)20-18(26)11(9-25)10-27(20)19-15(33-7-6-24)8-14(28)16-17(19)22(30)13-5-3-2-4-12(13)21(16)29/h2-5,8,10,28H,6-7,26H2,1H3. The van der Waals surface area contributed by atoms with E-state index in [-0.39, 0.29) is 50.6 Å². The number of nitrogen functional groups attached to an aromatic ring is 1. The maximum Gasteiger partial charge on any atom is 0.357 e. The zero-order valence-corrected chi connectivity index (χ0v) is 19.6. The number of carbonyl (C=O) groups is 3. The average Bonchev–Trinajstić information content (AvgIpc) is 3.15. The van der Waals surface area contributed by atoms with E-state index < -0.39 is 17.5 Å². The molecule has 10 heteroatoms. The third kappa shape index (κ3) is 3.50. The van der Waals surface area contributed by atoms with Crippen LogP contribution in [0.4, 0.5) is 5.69 Å². The fraction of sp³-hybridized carbons (Fsp3) is 0.130. The number of alkyl halides is 1. The summed E-state index contributed by atoms with van der Waals surface area (Å²) in [5.41, 5.74) is 6.10. The number of nitrogens with two attached hydrogens (primary N) is 1. The van der Waals surface area contributed by atoms with Crippen LogP contribution < -0.4 is 5.73 Å². The Kier molecular flexibility index (Phi) is 6.01. The van der Waals surface area contributed by atoms with E-state index in [0.717, 1.165) is 0 Å². The predicted octanol–water partition coefficient (Wildman–Crippen LogP) is 3.69. The van der Waals surface area contributed by atoms with Gasteiger partial charge in [-0.3, -0.25) is 9.59 Å². The second kappa shape index (κ2) is 8.77. The third-order valence-electron chi connectivity index (χ3n) is 5.23. The van der Waals surface area contributed by atoms with Gasteiger partial charge in [-0.1, -0.05) is 40.2 Å². The van der Waals surface area contributed by atoms with E-state index in [9.17, 15) is 24.8 Å². The van der Waals surface area contributed by atoms with Crippen LogP contribution in [-0.2, 0) is 4.74 Å². The van der Waals surface area contributed by atoms with Crippen LogP contribution in [0.1, 0.15) is 47.9 Å². The second-order valence-corrected chi connectivity index (χ2v) is 8.94. The number of aromatic hydroxyl groups is 1. The van der Waals surface area contributed by atoms with Crippen LogP contribution in [0.2, 0.25) is 0 Å². The highest BCUT2D eigenvalue weighted by atomic mass is 79.9. The first-order chi connectivity index (χ1) is 15.8. The summed E-state index contributed by atoms with van der Waals surface area (Å²) in [6.45, 7) is 0. The summed E-state index contributed by atoms with van der Waals surface area (Å²) < 4.78 is 6.16. The number of fused-ring (bicyclic) bond motifs is 2. The van der Waals surface area contributed by atoms with Gasteiger partial charge >= 0.3 is 5.97 Å². The van der Waals surface area contributed by atoms with E-state index in [4.69, 9.17) is 10.5 Å². The Morgan fingerprint density at radius 2 is 1.88 bits per heavy atom. The molecule has 4 rings (SSSR count). The lowest BCUT2D eigenvalue weighted by Crippen LogP contribution is -2.24. The predicted molar refractivity (Wildman–Crippen MR) is 126 cm³/mol. The summed E-state index contributed by atoms with van der Waals surface area (Å²) in [6.07, 6.45) is 1.32. The first-order valence-electron chi connectivity index (χ1n) is 9.62. The molecule has 0 radical (unpaired) electrons. The Morgan fingerprint density at radius 1 is 1.24 bits per heavy atom. The highest BCUT2D eigenvalue weighted by Crippen LogP contribution is 2.43. The lowest BCUT2D eigenvalue weighted by atomic mass is 9.82. The average molecular weight is 526 g/mol. The number of benzene rings is 2. The molecule has 0 aliphatic heterocycles. The van der Waals surface area contributed by atoms with Crippen molar-refractivity contribution in [1.82, 2.24) is 4.57 Å². The van der Waals surface area contributed by atoms with Crippen molar-refractivity contribution in [3.8, 4) is 17.5 Å². The molecule has 8 nitrogen and oxygen atoms in total. The van der Waals surface area contributed by atoms with Crippen LogP contribution in [0.25, 0.3) is 5.69 Å². The lowest BCUT2D eigenvalue weighted by molar-refractivity contribution is 0.0592. The van der Waals surface area contributed by atoms with Gasteiger partial charge in [0.25, 0.3) is 0 Å². The summed E-state index contributed by atoms with van der Waals surface area (Å²) in [5.74, 6) is -1.62. The minimum absolute atomic E-state index is 0.00338. The molecule has 1 aliphatic rings. The number of nitriles is 1. The molecule has 1 aliphatic carbocycles. The number of hydrogen-bond acceptors (Lipinski definition) is 8. The molecule has 1 aromatic heterocycles. The number of ether oxygens (including phenoxy) is 1. The third-order valence-corrected chi connectivity index (χ3v) is 7.19. The minimum atomic E-state index is -0.817. The highest BCUT2D eigenvalue weighted by Gasteiger charge is 2.37. The Balaban J connectivity index is 2.14. The maximum absolute atomic E-state index is 13.6. The number of phenols is 1. The summed E-state index contributed by atoms with van der Waals surface area (Å²) >= 11 is 4.65. The SMILES string of the molecule is COC(=O)c1c(N)c(C#N)cn1-c1c(SCCBr)cc(O)c2c1C(=O)c1ccccc1C2=O. The molecule has 0 spiro atoms. The van der Waals surface area contributed by atoms with Crippen molar-refractivity contribution in [3.63, 3.8) is 0 Å². The van der Waals surface area contributed by atoms with E-state index in [1.54, 1.807) is 12.1 Å². The smallest absolute Gasteiger partial charge is 0.357 e. The van der Waals surface area contributed by atoms with E-state index in [1.165, 1.54) is 47.8 Å². The normalized spacial score (nSPS) is 12.2. The molecule has 0 amide bonds. The van der Waals surface area contributed by atoms with Crippen molar-refractivity contribution < 1.29 is 24.2 Å². The summed E-state index contributed by atoms with van der Waals surface area (Å²) in [4.78, 5) is 40.0. The highest BCUT2D eigenvalue weighted by molar-refractivity contribution is 9.09. The molecular weight excluding hydrogens is 510 g/mol. The molecule has 0 bridgehead atoms. The van der Waals surface area contributed by atoms with Gasteiger partial charge in [0.05, 0.1) is 35.2 Å². The zero-order chi connectivity index (χ0) is 23.9. The summed E-state index contributed by atoms with van der Waals surface area (Å²) in [6, 6.07) is 9.63. The number of rotatable bonds is 5. The van der Waals surface area contributed by atoms with E-state index >= 15 is 0 Å². The van der Waals surface area contributed by atoms with E-state index in [1.807, 2.05) is 6.07 Å². The maximum atomic E-state index is 13.6. The van der Waals surface area contributed by atoms with Gasteiger partial charge in [-0.25, -0.2) is 4.79 Å². The minimum Gasteiger partial charge on any atom is -0.507 e. The second-order valence-electron chi connectivity index (χ2n) is 7.01. The van der Waals surface area contributed by atoms with Gasteiger partial charge in [0.15, 0.2) is 17.3 Å². The topological polar surface area (TPSA) is 135 Å². The first-order valence-corrected chi connectivity index (χ1v) is 11.7. The largest absolute Gasteiger partial charge is 0.507 e. The molecule has 0 atom stereocenters. The Labute approximate surface area is 201 Å². The van der Waals surface area contributed by atoms with Crippen molar-refractivity contribution >= 4 is 50.9 Å². The van der Waals surface area contributed by atoms with Crippen LogP contribution in [0.15, 0.2) is 41.4 Å². The molecule has 1 heterocycles. The number of thioether (sulfide) groups is 1. The molecule has 0 saturated heterocycles. The van der Waals surface area contributed by atoms with Crippen molar-refractivity contribution in [3.05, 3.63) is 70.0 Å². The summed E-state index contributed by atoms with van der Waals surface area (Å²) in [5, 5.41) is 20.9. The number of anilines is 1. The fourth-order valence-corrected chi connectivity index (χ4v) is 5.14. The Bertz CT molecular complexity index is 1390. The Morgan fingerprint density at radius 3 is 2.45 bits per heavy atom. The quantitative estimate of drug-likeness (QED) is 0.228. The molecule has 33 heavy (non-hydrogen) atoms. The number of methoxy groups -OCH3 is 1. The molecule has 3 N–H and O–H groups in total. The van der Waals surface area contributed by atoms with E-state index in [0.29, 0.717) is 16.0 Å². The lowest BCUT2D eigenvalue weighted by Gasteiger charge is -2.24. The Hall–Kier alpha value is -3.55. The van der Waals surface area contributed by atoms with Crippen molar-refractivity contribution in [1.29, 1.82) is 5.26 Å². The molecule has 2 aromatic carbocycles. The number of nitrogens with zero attached hydrogens (tertiary/aromatic N) is 2. The van der Waals surface area contributed by atoms with Crippen molar-refractivity contribution in [2.75, 3.05) is 23.9 Å². The summed E-state index contributed by atoms with van der Waals surface area (Å²) in [7, 11) is 1.17. The van der Waals surface area contributed by atoms with Gasteiger partial charge < -0.3 is 20.1 Å². The molecule has 0 unspecified atom stereocenters. The van der Waals surface area contributed by atoms with Crippen molar-refractivity contribution in [2.24, 2.45) is 0 Å². The van der Waals surface area contributed by atoms with Gasteiger partial charge in [-0.2, -0.15) is 5.26 Å². The number of aromatic nitrogens is 1. The van der Waals surface area contributed by atoms with E-state index in [2.05, 4.69) is 15.9 Å². The number of ketones is 2. The molecule has 3 aromatic rings. The number of hydrogen-bond donors (Lipinski definition) is 2. The van der Waals surface area contributed by atoms with Crippen LogP contribution in [-0.4, -0.2) is 45.4 Å². The van der Waals surface area contributed by atoms with Gasteiger partial charge in [0.2, 0.25) is 0 Å². The van der Waals surface area contributed by atoms with Crippen LogP contribution in [0.5, 0.6) is 5.75 Å². The van der Waals surface area contributed by atoms with Crippen molar-refractivity contribution in [2.45, 2.75) is 4.90 Å². The number of halogens is 1. The molecule has 0 saturated carbocycles. The molecular formula is C23H16BrN3O5S.